The van der Waals surface area contributed by atoms with Crippen LogP contribution in [-0.4, -0.2) is 70.1 Å². The third-order valence-corrected chi connectivity index (χ3v) is 8.15. The Morgan fingerprint density at radius 1 is 1.05 bits per heavy atom. The van der Waals surface area contributed by atoms with E-state index < -0.39 is 34.5 Å². The molecular weight excluding hydrogens is 524 g/mol. The van der Waals surface area contributed by atoms with Gasteiger partial charge in [-0.2, -0.15) is 4.31 Å². The van der Waals surface area contributed by atoms with E-state index in [-0.39, 0.29) is 40.7 Å². The van der Waals surface area contributed by atoms with Crippen molar-refractivity contribution in [2.45, 2.75) is 11.8 Å². The van der Waals surface area contributed by atoms with Crippen molar-refractivity contribution >= 4 is 44.2 Å². The summed E-state index contributed by atoms with van der Waals surface area (Å²) < 4.78 is 47.5. The van der Waals surface area contributed by atoms with Crippen molar-refractivity contribution in [1.82, 2.24) is 4.31 Å². The average molecular weight is 549 g/mol. The predicted octanol–water partition coefficient (Wildman–Crippen LogP) is 3.00. The Hall–Kier alpha value is -3.52. The smallest absolute Gasteiger partial charge is 0.341 e. The zero-order valence-electron chi connectivity index (χ0n) is 19.8. The van der Waals surface area contributed by atoms with Crippen molar-refractivity contribution < 1.29 is 41.4 Å². The number of esters is 2. The van der Waals surface area contributed by atoms with Gasteiger partial charge in [0.05, 0.1) is 36.5 Å². The Balaban J connectivity index is 1.38. The lowest BCUT2D eigenvalue weighted by Crippen LogP contribution is -2.40. The van der Waals surface area contributed by atoms with Gasteiger partial charge in [0.25, 0.3) is 5.91 Å². The van der Waals surface area contributed by atoms with E-state index in [1.165, 1.54) is 34.8 Å². The Bertz CT molecular complexity index is 1360. The van der Waals surface area contributed by atoms with E-state index in [1.807, 2.05) is 0 Å². The van der Waals surface area contributed by atoms with Gasteiger partial charge in [-0.1, -0.05) is 0 Å². The van der Waals surface area contributed by atoms with Gasteiger partial charge in [-0.3, -0.25) is 4.79 Å². The molecule has 0 radical (unpaired) electrons. The summed E-state index contributed by atoms with van der Waals surface area (Å²) in [5.74, 6) is -1.67. The maximum Gasteiger partial charge on any atom is 0.341 e. The fraction of sp³-hybridized carbons (Fsp3) is 0.292. The number of morpholine rings is 1. The van der Waals surface area contributed by atoms with Crippen LogP contribution in [0.2, 0.25) is 0 Å². The zero-order valence-corrected chi connectivity index (χ0v) is 21.4. The van der Waals surface area contributed by atoms with Gasteiger partial charge in [-0.15, -0.1) is 11.3 Å². The molecule has 3 aromatic rings. The van der Waals surface area contributed by atoms with Crippen LogP contribution in [0, 0.1) is 0 Å². The molecule has 13 heteroatoms. The third kappa shape index (κ3) is 6.07. The number of ether oxygens (including phenoxy) is 3. The molecule has 0 unspecified atom stereocenters. The van der Waals surface area contributed by atoms with Gasteiger partial charge in [0.2, 0.25) is 10.0 Å². The van der Waals surface area contributed by atoms with Crippen LogP contribution in [0.1, 0.15) is 27.6 Å². The molecule has 1 aliphatic rings. The molecule has 1 aromatic carbocycles. The number of nitrogens with zero attached hydrogens (tertiary/aromatic N) is 1. The lowest BCUT2D eigenvalue weighted by molar-refractivity contribution is -0.119. The molecule has 1 amide bonds. The molecule has 1 fully saturated rings. The summed E-state index contributed by atoms with van der Waals surface area (Å²) in [4.78, 5) is 37.5. The minimum absolute atomic E-state index is 0.0419. The molecule has 1 N–H and O–H groups in total. The summed E-state index contributed by atoms with van der Waals surface area (Å²) in [7, 11) is -3.70. The largest absolute Gasteiger partial charge is 0.464 e. The maximum absolute atomic E-state index is 12.7. The Morgan fingerprint density at radius 3 is 2.43 bits per heavy atom. The number of amides is 1. The van der Waals surface area contributed by atoms with E-state index in [0.717, 1.165) is 11.3 Å². The van der Waals surface area contributed by atoms with Gasteiger partial charge in [0.15, 0.2) is 6.61 Å². The van der Waals surface area contributed by atoms with Gasteiger partial charge in [0, 0.05) is 24.0 Å². The molecule has 2 aromatic heterocycles. The number of carbonyl (C=O) groups is 3. The second-order valence-electron chi connectivity index (χ2n) is 7.72. The standard InChI is InChI=1S/C24H24N2O9S2/c1-2-33-24(29)21-18(19-4-3-11-34-19)15-36-22(21)25-20(27)14-35-23(28)16-5-7-17(8-6-16)37(30,31)26-9-12-32-13-10-26/h3-8,11,15H,2,9-10,12-14H2,1H3,(H,25,27). The monoisotopic (exact) mass is 548 g/mol. The zero-order chi connectivity index (χ0) is 26.4. The van der Waals surface area contributed by atoms with E-state index in [2.05, 4.69) is 5.32 Å². The van der Waals surface area contributed by atoms with Crippen LogP contribution in [0.25, 0.3) is 11.3 Å². The Labute approximate surface area is 217 Å². The molecule has 0 spiro atoms. The van der Waals surface area contributed by atoms with Crippen LogP contribution in [-0.2, 0) is 29.0 Å². The maximum atomic E-state index is 12.7. The summed E-state index contributed by atoms with van der Waals surface area (Å²) in [6.45, 7) is 2.34. The molecule has 0 saturated carbocycles. The molecule has 4 rings (SSSR count). The topological polar surface area (TPSA) is 141 Å². The van der Waals surface area contributed by atoms with E-state index >= 15 is 0 Å². The Morgan fingerprint density at radius 2 is 1.78 bits per heavy atom. The summed E-state index contributed by atoms with van der Waals surface area (Å²) in [5, 5.41) is 4.45. The van der Waals surface area contributed by atoms with Gasteiger partial charge in [-0.25, -0.2) is 18.0 Å². The molecule has 37 heavy (non-hydrogen) atoms. The fourth-order valence-electron chi connectivity index (χ4n) is 3.55. The van der Waals surface area contributed by atoms with Crippen LogP contribution >= 0.6 is 11.3 Å². The molecule has 3 heterocycles. The quantitative estimate of drug-likeness (QED) is 0.399. The average Bonchev–Trinajstić information content (AvgIpc) is 3.58. The summed E-state index contributed by atoms with van der Waals surface area (Å²) in [5.41, 5.74) is 0.684. The van der Waals surface area contributed by atoms with Crippen molar-refractivity contribution in [2.75, 3.05) is 44.8 Å². The van der Waals surface area contributed by atoms with Crippen LogP contribution in [0.3, 0.4) is 0 Å². The first-order valence-electron chi connectivity index (χ1n) is 11.3. The first-order valence-corrected chi connectivity index (χ1v) is 13.6. The van der Waals surface area contributed by atoms with Gasteiger partial charge in [-0.05, 0) is 43.3 Å². The van der Waals surface area contributed by atoms with E-state index in [1.54, 1.807) is 24.4 Å². The van der Waals surface area contributed by atoms with Crippen molar-refractivity contribution in [3.63, 3.8) is 0 Å². The van der Waals surface area contributed by atoms with E-state index in [9.17, 15) is 22.8 Å². The molecule has 11 nitrogen and oxygen atoms in total. The van der Waals surface area contributed by atoms with Crippen molar-refractivity contribution in [1.29, 1.82) is 0 Å². The van der Waals surface area contributed by atoms with Gasteiger partial charge in [0.1, 0.15) is 16.3 Å². The Kier molecular flexibility index (Phi) is 8.38. The number of thiophene rings is 1. The summed E-state index contributed by atoms with van der Waals surface area (Å²) in [6, 6.07) is 8.62. The van der Waals surface area contributed by atoms with Crippen molar-refractivity contribution in [3.8, 4) is 11.3 Å². The number of hydrogen-bond acceptors (Lipinski definition) is 10. The molecule has 196 valence electrons. The predicted molar refractivity (Wildman–Crippen MR) is 133 cm³/mol. The summed E-state index contributed by atoms with van der Waals surface area (Å²) >= 11 is 1.10. The normalized spacial score (nSPS) is 14.2. The van der Waals surface area contributed by atoms with Crippen molar-refractivity contribution in [2.24, 2.45) is 0 Å². The summed E-state index contributed by atoms with van der Waals surface area (Å²) in [6.07, 6.45) is 1.46. The van der Waals surface area contributed by atoms with Crippen LogP contribution < -0.4 is 5.32 Å². The molecule has 1 aliphatic heterocycles. The number of anilines is 1. The van der Waals surface area contributed by atoms with E-state index in [0.29, 0.717) is 24.5 Å². The van der Waals surface area contributed by atoms with Gasteiger partial charge >= 0.3 is 11.9 Å². The minimum atomic E-state index is -3.70. The van der Waals surface area contributed by atoms with Crippen molar-refractivity contribution in [3.05, 3.63) is 59.2 Å². The highest BCUT2D eigenvalue weighted by Crippen LogP contribution is 2.36. The first-order chi connectivity index (χ1) is 17.8. The lowest BCUT2D eigenvalue weighted by Gasteiger charge is -2.26. The number of rotatable bonds is 9. The number of carbonyl (C=O) groups excluding carboxylic acids is 3. The van der Waals surface area contributed by atoms with Gasteiger partial charge < -0.3 is 23.9 Å². The molecule has 1 saturated heterocycles. The van der Waals surface area contributed by atoms with Crippen LogP contribution in [0.15, 0.2) is 57.4 Å². The lowest BCUT2D eigenvalue weighted by atomic mass is 10.1. The molecular formula is C24H24N2O9S2. The molecule has 0 atom stereocenters. The second-order valence-corrected chi connectivity index (χ2v) is 10.5. The minimum Gasteiger partial charge on any atom is -0.464 e. The highest BCUT2D eigenvalue weighted by molar-refractivity contribution is 7.89. The van der Waals surface area contributed by atoms with Crippen LogP contribution in [0.5, 0.6) is 0 Å². The first kappa shape index (κ1) is 26.5. The second kappa shape index (κ2) is 11.7. The number of sulfonamides is 1. The third-order valence-electron chi connectivity index (χ3n) is 5.34. The van der Waals surface area contributed by atoms with Crippen LogP contribution in [0.4, 0.5) is 5.00 Å². The number of nitrogens with one attached hydrogen (secondary N) is 1. The number of furan rings is 1. The van der Waals surface area contributed by atoms with E-state index in [4.69, 9.17) is 18.6 Å². The molecule has 0 bridgehead atoms. The number of hydrogen-bond donors (Lipinski definition) is 1. The molecule has 0 aliphatic carbocycles. The highest BCUT2D eigenvalue weighted by Gasteiger charge is 2.27. The number of benzene rings is 1. The SMILES string of the molecule is CCOC(=O)c1c(-c2ccco2)csc1NC(=O)COC(=O)c1ccc(S(=O)(=O)N2CCOCC2)cc1. The highest BCUT2D eigenvalue weighted by atomic mass is 32.2. The fourth-order valence-corrected chi connectivity index (χ4v) is 5.91.